The summed E-state index contributed by atoms with van der Waals surface area (Å²) in [5.74, 6) is -1.18. The summed E-state index contributed by atoms with van der Waals surface area (Å²) in [6.07, 6.45) is 1.93. The van der Waals surface area contributed by atoms with E-state index in [4.69, 9.17) is 0 Å². The van der Waals surface area contributed by atoms with E-state index in [9.17, 15) is 14.4 Å². The van der Waals surface area contributed by atoms with Crippen LogP contribution in [-0.2, 0) is 9.53 Å². The molecule has 0 saturated carbocycles. The van der Waals surface area contributed by atoms with Crippen LogP contribution >= 0.6 is 11.8 Å². The van der Waals surface area contributed by atoms with Gasteiger partial charge in [-0.2, -0.15) is 0 Å². The van der Waals surface area contributed by atoms with Crippen molar-refractivity contribution in [2.24, 2.45) is 0 Å². The second kappa shape index (κ2) is 9.05. The Morgan fingerprint density at radius 2 is 1.77 bits per heavy atom. The fourth-order valence-corrected chi connectivity index (χ4v) is 2.90. The summed E-state index contributed by atoms with van der Waals surface area (Å²) in [5, 5.41) is 2.81. The Labute approximate surface area is 156 Å². The number of thioether (sulfide) groups is 1. The van der Waals surface area contributed by atoms with Crippen LogP contribution in [0.3, 0.4) is 0 Å². The Hall–Kier alpha value is -2.80. The van der Waals surface area contributed by atoms with Crippen LogP contribution in [0.15, 0.2) is 53.4 Å². The first-order valence-corrected chi connectivity index (χ1v) is 9.05. The lowest BCUT2D eigenvalue weighted by atomic mass is 10.1. The van der Waals surface area contributed by atoms with Gasteiger partial charge in [-0.05, 0) is 36.6 Å². The third kappa shape index (κ3) is 4.86. The van der Waals surface area contributed by atoms with Crippen molar-refractivity contribution in [1.29, 1.82) is 0 Å². The van der Waals surface area contributed by atoms with Crippen LogP contribution in [-0.4, -0.2) is 49.6 Å². The van der Waals surface area contributed by atoms with Gasteiger partial charge in [0.15, 0.2) is 0 Å². The maximum absolute atomic E-state index is 12.5. The van der Waals surface area contributed by atoms with Gasteiger partial charge in [0, 0.05) is 17.5 Å². The molecule has 0 radical (unpaired) electrons. The molecule has 7 heteroatoms. The fraction of sp³-hybridized carbons (Fsp3) is 0.211. The molecule has 0 fully saturated rings. The van der Waals surface area contributed by atoms with Crippen LogP contribution in [0.4, 0.5) is 5.69 Å². The zero-order valence-electron chi connectivity index (χ0n) is 14.8. The normalized spacial score (nSPS) is 10.1. The molecule has 0 saturated heterocycles. The minimum atomic E-state index is -0.520. The maximum atomic E-state index is 12.5. The maximum Gasteiger partial charge on any atom is 0.337 e. The van der Waals surface area contributed by atoms with Crippen LogP contribution in [0.2, 0.25) is 0 Å². The van der Waals surface area contributed by atoms with Gasteiger partial charge >= 0.3 is 5.97 Å². The molecule has 26 heavy (non-hydrogen) atoms. The lowest BCUT2D eigenvalue weighted by Gasteiger charge is -2.18. The molecule has 0 atom stereocenters. The van der Waals surface area contributed by atoms with Gasteiger partial charge in [-0.3, -0.25) is 9.59 Å². The van der Waals surface area contributed by atoms with E-state index < -0.39 is 5.97 Å². The smallest absolute Gasteiger partial charge is 0.337 e. The van der Waals surface area contributed by atoms with E-state index in [1.807, 2.05) is 30.5 Å². The molecule has 1 N–H and O–H groups in total. The first-order chi connectivity index (χ1) is 12.5. The highest BCUT2D eigenvalue weighted by atomic mass is 32.2. The Morgan fingerprint density at radius 3 is 2.46 bits per heavy atom. The number of amides is 2. The number of anilines is 1. The summed E-state index contributed by atoms with van der Waals surface area (Å²) in [6.45, 7) is -0.107. The van der Waals surface area contributed by atoms with Crippen LogP contribution in [0, 0.1) is 0 Å². The van der Waals surface area contributed by atoms with Crippen LogP contribution in [0.25, 0.3) is 0 Å². The minimum Gasteiger partial charge on any atom is -0.465 e. The Bertz CT molecular complexity index is 823. The third-order valence-electron chi connectivity index (χ3n) is 3.64. The zero-order valence-corrected chi connectivity index (χ0v) is 15.6. The molecule has 0 heterocycles. The molecule has 0 bridgehead atoms. The van der Waals surface area contributed by atoms with Gasteiger partial charge in [-0.15, -0.1) is 11.8 Å². The number of rotatable bonds is 6. The van der Waals surface area contributed by atoms with Gasteiger partial charge in [0.1, 0.15) is 0 Å². The van der Waals surface area contributed by atoms with E-state index in [0.29, 0.717) is 11.3 Å². The van der Waals surface area contributed by atoms with Gasteiger partial charge in [0.25, 0.3) is 5.91 Å². The number of methoxy groups -OCH3 is 1. The quantitative estimate of drug-likeness (QED) is 0.623. The number of likely N-dealkylation sites (N-methyl/N-ethyl adjacent to an activating group) is 1. The number of carbonyl (C=O) groups is 3. The molecule has 0 spiro atoms. The Balaban J connectivity index is 2.04. The number of nitrogens with one attached hydrogen (secondary N) is 1. The fourth-order valence-electron chi connectivity index (χ4n) is 2.34. The minimum absolute atomic E-state index is 0.107. The lowest BCUT2D eigenvalue weighted by Crippen LogP contribution is -2.35. The van der Waals surface area contributed by atoms with E-state index in [-0.39, 0.29) is 23.9 Å². The molecule has 0 aliphatic heterocycles. The predicted molar refractivity (Wildman–Crippen MR) is 102 cm³/mol. The number of nitrogens with zero attached hydrogens (tertiary/aromatic N) is 1. The number of para-hydroxylation sites is 1. The number of ether oxygens (including phenoxy) is 1. The van der Waals surface area contributed by atoms with Gasteiger partial charge in [0.05, 0.1) is 24.9 Å². The predicted octanol–water partition coefficient (Wildman–Crippen LogP) is 2.91. The standard InChI is InChI=1S/C19H20N2O4S/c1-21(12-17(22)20-15-9-4-5-10-16(15)26-3)18(23)13-7-6-8-14(11-13)19(24)25-2/h4-11H,12H2,1-3H3,(H,20,22). The van der Waals surface area contributed by atoms with Gasteiger partial charge in [-0.1, -0.05) is 18.2 Å². The van der Waals surface area contributed by atoms with E-state index in [1.54, 1.807) is 18.2 Å². The topological polar surface area (TPSA) is 75.7 Å². The van der Waals surface area contributed by atoms with Gasteiger partial charge in [-0.25, -0.2) is 4.79 Å². The summed E-state index contributed by atoms with van der Waals surface area (Å²) in [6, 6.07) is 13.7. The SMILES string of the molecule is COC(=O)c1cccc(C(=O)N(C)CC(=O)Nc2ccccc2SC)c1. The highest BCUT2D eigenvalue weighted by molar-refractivity contribution is 7.98. The number of carbonyl (C=O) groups excluding carboxylic acids is 3. The van der Waals surface area contributed by atoms with Crippen molar-refractivity contribution in [2.75, 3.05) is 32.3 Å². The van der Waals surface area contributed by atoms with Gasteiger partial charge < -0.3 is 15.0 Å². The average Bonchev–Trinajstić information content (AvgIpc) is 2.67. The van der Waals surface area contributed by atoms with Crippen molar-refractivity contribution in [3.63, 3.8) is 0 Å². The molecule has 136 valence electrons. The largest absolute Gasteiger partial charge is 0.465 e. The molecule has 0 aromatic heterocycles. The second-order valence-corrected chi connectivity index (χ2v) is 6.33. The first kappa shape index (κ1) is 19.5. The number of benzene rings is 2. The molecular formula is C19H20N2O4S. The molecule has 2 aromatic carbocycles. The molecule has 0 aliphatic rings. The number of hydrogen-bond acceptors (Lipinski definition) is 5. The molecule has 2 rings (SSSR count). The summed E-state index contributed by atoms with van der Waals surface area (Å²) >= 11 is 1.53. The second-order valence-electron chi connectivity index (χ2n) is 5.48. The summed E-state index contributed by atoms with van der Waals surface area (Å²) in [4.78, 5) is 38.6. The first-order valence-electron chi connectivity index (χ1n) is 7.83. The van der Waals surface area contributed by atoms with Crippen molar-refractivity contribution < 1.29 is 19.1 Å². The Kier molecular flexibility index (Phi) is 6.80. The molecular weight excluding hydrogens is 352 g/mol. The van der Waals surface area contributed by atoms with E-state index in [0.717, 1.165) is 4.90 Å². The van der Waals surface area contributed by atoms with Crippen LogP contribution in [0.5, 0.6) is 0 Å². The van der Waals surface area contributed by atoms with Crippen molar-refractivity contribution >= 4 is 35.2 Å². The van der Waals surface area contributed by atoms with E-state index in [1.165, 1.54) is 36.9 Å². The van der Waals surface area contributed by atoms with E-state index >= 15 is 0 Å². The van der Waals surface area contributed by atoms with Crippen molar-refractivity contribution in [3.8, 4) is 0 Å². The number of esters is 1. The van der Waals surface area contributed by atoms with Crippen molar-refractivity contribution in [2.45, 2.75) is 4.90 Å². The van der Waals surface area contributed by atoms with Crippen LogP contribution in [0.1, 0.15) is 20.7 Å². The zero-order chi connectivity index (χ0) is 19.1. The number of hydrogen-bond donors (Lipinski definition) is 1. The lowest BCUT2D eigenvalue weighted by molar-refractivity contribution is -0.116. The van der Waals surface area contributed by atoms with Crippen molar-refractivity contribution in [1.82, 2.24) is 4.90 Å². The van der Waals surface area contributed by atoms with Crippen molar-refractivity contribution in [3.05, 3.63) is 59.7 Å². The van der Waals surface area contributed by atoms with Crippen LogP contribution < -0.4 is 5.32 Å². The summed E-state index contributed by atoms with van der Waals surface area (Å²) in [7, 11) is 2.81. The van der Waals surface area contributed by atoms with Gasteiger partial charge in [0.2, 0.25) is 5.91 Å². The highest BCUT2D eigenvalue weighted by Gasteiger charge is 2.17. The molecule has 2 amide bonds. The molecule has 0 aliphatic carbocycles. The average molecular weight is 372 g/mol. The summed E-state index contributed by atoms with van der Waals surface area (Å²) in [5.41, 5.74) is 1.30. The third-order valence-corrected chi connectivity index (χ3v) is 4.43. The Morgan fingerprint density at radius 1 is 1.08 bits per heavy atom. The molecule has 2 aromatic rings. The highest BCUT2D eigenvalue weighted by Crippen LogP contribution is 2.24. The summed E-state index contributed by atoms with van der Waals surface area (Å²) < 4.78 is 4.65. The molecule has 0 unspecified atom stereocenters. The monoisotopic (exact) mass is 372 g/mol. The van der Waals surface area contributed by atoms with E-state index in [2.05, 4.69) is 10.1 Å². The molecule has 6 nitrogen and oxygen atoms in total.